The van der Waals surface area contributed by atoms with Gasteiger partial charge in [0.1, 0.15) is 36.2 Å². The molecule has 8 rings (SSSR count). The molecule has 6 aromatic rings. The molecule has 28 heteroatoms. The molecule has 6 aromatic carbocycles. The van der Waals surface area contributed by atoms with Gasteiger partial charge in [-0.1, -0.05) is 72.8 Å². The van der Waals surface area contributed by atoms with Crippen LogP contribution in [0.3, 0.4) is 0 Å². The Kier molecular flexibility index (Phi) is 19.0. The van der Waals surface area contributed by atoms with E-state index in [1.54, 1.807) is 53.4 Å². The number of anilines is 2. The van der Waals surface area contributed by atoms with Crippen LogP contribution < -0.4 is 44.0 Å². The Labute approximate surface area is 440 Å². The number of hydrogen-bond acceptors (Lipinski definition) is 12. The minimum atomic E-state index is -4.91. The van der Waals surface area contributed by atoms with Crippen LogP contribution in [0.5, 0.6) is 34.5 Å². The molecule has 13 nitrogen and oxygen atoms in total. The smallest absolute Gasteiger partial charge is 0.488 e. The van der Waals surface area contributed by atoms with Gasteiger partial charge in [0.15, 0.2) is 11.5 Å². The number of para-hydroxylation sites is 2. The van der Waals surface area contributed by atoms with Gasteiger partial charge in [0.2, 0.25) is 0 Å². The van der Waals surface area contributed by atoms with E-state index >= 15 is 0 Å². The lowest BCUT2D eigenvalue weighted by atomic mass is 9.98. The molecule has 2 aliphatic heterocycles. The third-order valence-corrected chi connectivity index (χ3v) is 12.0. The van der Waals surface area contributed by atoms with E-state index in [1.165, 1.54) is 60.7 Å². The average Bonchev–Trinajstić information content (AvgIpc) is 3.40. The standard InChI is InChI=1S/C26H22F7NO6S.C25H21F7N2O3.H2O/c1-41(35,36)38-12-11-34-21-10-4-9-20(16-5-2-8-19(13-16)40-26(31,32)33)23(21)37-15-22(34)17-6-3-7-18(14-17)39-25(29,30)24(27)28;26-23(27)24(28,29)36-17-6-2-5-16(13-17)21-14-35-22-19(8-3-9-20(22)34(21)11-10-33)15-4-1-7-18(12-15)37-25(30,31)32;/h2-10,13-14,22,24H,11-12,15H2,1H3;1-9,12-13,21,23H,10-11,14,33H2;1H2. The Morgan fingerprint density at radius 3 is 1.28 bits per heavy atom. The zero-order chi connectivity index (χ0) is 56.8. The fraction of sp³-hybridized carbons (Fsp3) is 0.294. The molecular formula is C51H45F14N3O10S. The van der Waals surface area contributed by atoms with Gasteiger partial charge in [0.25, 0.3) is 10.1 Å². The van der Waals surface area contributed by atoms with Crippen LogP contribution in [-0.4, -0.2) is 97.4 Å². The van der Waals surface area contributed by atoms with Crippen molar-refractivity contribution in [1.29, 1.82) is 0 Å². The Bertz CT molecular complexity index is 3140. The maximum absolute atomic E-state index is 13.5. The van der Waals surface area contributed by atoms with Gasteiger partial charge in [0, 0.05) is 30.8 Å². The van der Waals surface area contributed by atoms with Crippen molar-refractivity contribution < 1.29 is 108 Å². The summed E-state index contributed by atoms with van der Waals surface area (Å²) in [7, 11) is -3.83. The fourth-order valence-corrected chi connectivity index (χ4v) is 8.70. The highest BCUT2D eigenvalue weighted by Crippen LogP contribution is 2.48. The molecular weight excluding hydrogens is 1110 g/mol. The topological polar surface area (TPSA) is 163 Å². The molecule has 0 spiro atoms. The number of benzene rings is 6. The molecule has 2 aliphatic rings. The van der Waals surface area contributed by atoms with E-state index in [0.717, 1.165) is 30.5 Å². The predicted molar refractivity (Wildman–Crippen MR) is 258 cm³/mol. The molecule has 0 amide bonds. The second-order valence-corrected chi connectivity index (χ2v) is 18.5. The minimum Gasteiger partial charge on any atom is -0.488 e. The summed E-state index contributed by atoms with van der Waals surface area (Å²) in [5, 5.41) is 0. The summed E-state index contributed by atoms with van der Waals surface area (Å²) in [6.45, 7) is -0.0108. The third-order valence-electron chi connectivity index (χ3n) is 11.4. The Balaban J connectivity index is 0.000000253. The van der Waals surface area contributed by atoms with Gasteiger partial charge in [0.05, 0.1) is 36.3 Å². The van der Waals surface area contributed by atoms with E-state index in [-0.39, 0.29) is 44.1 Å². The zero-order valence-corrected chi connectivity index (χ0v) is 41.4. The lowest BCUT2D eigenvalue weighted by Gasteiger charge is -2.39. The SMILES string of the molecule is CS(=O)(=O)OCCN1c2cccc(-c3cccc(OC(F)(F)F)c3)c2OCC1c1cccc(OC(F)(F)C(F)F)c1.NCCN1c2cccc(-c3cccc(OC(F)(F)F)c3)c2OCC1c1cccc(OC(F)(F)C(F)F)c1.O. The number of rotatable bonds is 18. The first-order valence-electron chi connectivity index (χ1n) is 22.8. The van der Waals surface area contributed by atoms with Crippen molar-refractivity contribution in [3.05, 3.63) is 145 Å². The van der Waals surface area contributed by atoms with Crippen molar-refractivity contribution in [2.75, 3.05) is 55.5 Å². The van der Waals surface area contributed by atoms with E-state index < -0.39 is 83.0 Å². The summed E-state index contributed by atoms with van der Waals surface area (Å²) in [5.41, 5.74) is 9.13. The second-order valence-electron chi connectivity index (χ2n) is 16.9. The largest absolute Gasteiger partial charge is 0.573 e. The summed E-state index contributed by atoms with van der Waals surface area (Å²) in [5.74, 6) is -1.22. The Morgan fingerprint density at radius 1 is 0.544 bits per heavy atom. The number of fused-ring (bicyclic) bond motifs is 2. The van der Waals surface area contributed by atoms with Crippen molar-refractivity contribution in [1.82, 2.24) is 0 Å². The van der Waals surface area contributed by atoms with E-state index in [0.29, 0.717) is 57.0 Å². The van der Waals surface area contributed by atoms with Gasteiger partial charge in [-0.25, -0.2) is 0 Å². The van der Waals surface area contributed by atoms with E-state index in [4.69, 9.17) is 19.4 Å². The van der Waals surface area contributed by atoms with Gasteiger partial charge < -0.3 is 49.4 Å². The monoisotopic (exact) mass is 1160 g/mol. The van der Waals surface area contributed by atoms with Crippen molar-refractivity contribution in [2.24, 2.45) is 5.73 Å². The van der Waals surface area contributed by atoms with Gasteiger partial charge >= 0.3 is 37.8 Å². The summed E-state index contributed by atoms with van der Waals surface area (Å²) in [6, 6.07) is 29.6. The first-order valence-corrected chi connectivity index (χ1v) is 24.6. The van der Waals surface area contributed by atoms with Gasteiger partial charge in [-0.05, 0) is 82.9 Å². The molecule has 2 atom stereocenters. The van der Waals surface area contributed by atoms with E-state index in [2.05, 4.69) is 18.9 Å². The normalized spacial score (nSPS) is 15.6. The summed E-state index contributed by atoms with van der Waals surface area (Å²) < 4.78 is 237. The van der Waals surface area contributed by atoms with Crippen LogP contribution in [0.4, 0.5) is 72.8 Å². The first kappa shape index (κ1) is 60.8. The number of nitrogens with two attached hydrogens (primary N) is 1. The molecule has 0 bridgehead atoms. The molecule has 428 valence electrons. The van der Waals surface area contributed by atoms with Gasteiger partial charge in [-0.15, -0.1) is 26.3 Å². The molecule has 0 aliphatic carbocycles. The Hall–Kier alpha value is -7.43. The van der Waals surface area contributed by atoms with Crippen LogP contribution in [0.2, 0.25) is 0 Å². The van der Waals surface area contributed by atoms with Crippen LogP contribution in [0.1, 0.15) is 23.2 Å². The molecule has 79 heavy (non-hydrogen) atoms. The first-order chi connectivity index (χ1) is 36.6. The second kappa shape index (κ2) is 24.7. The highest BCUT2D eigenvalue weighted by Gasteiger charge is 2.45. The van der Waals surface area contributed by atoms with Crippen molar-refractivity contribution in [2.45, 2.75) is 49.9 Å². The minimum absolute atomic E-state index is 0. The molecule has 0 fully saturated rings. The molecule has 0 saturated carbocycles. The van der Waals surface area contributed by atoms with Crippen molar-refractivity contribution >= 4 is 21.5 Å². The Morgan fingerprint density at radius 2 is 0.911 bits per heavy atom. The van der Waals surface area contributed by atoms with Crippen LogP contribution in [0, 0.1) is 0 Å². The number of nitrogens with zero attached hydrogens (tertiary/aromatic N) is 2. The molecule has 0 aromatic heterocycles. The van der Waals surface area contributed by atoms with Crippen LogP contribution in [0.25, 0.3) is 22.3 Å². The van der Waals surface area contributed by atoms with Crippen LogP contribution >= 0.6 is 0 Å². The van der Waals surface area contributed by atoms with Gasteiger partial charge in [-0.3, -0.25) is 4.18 Å². The lowest BCUT2D eigenvalue weighted by molar-refractivity contribution is -0.275. The summed E-state index contributed by atoms with van der Waals surface area (Å²) in [4.78, 5) is 3.50. The number of halogens is 14. The highest BCUT2D eigenvalue weighted by atomic mass is 32.2. The fourth-order valence-electron chi connectivity index (χ4n) is 8.33. The zero-order valence-electron chi connectivity index (χ0n) is 40.6. The summed E-state index contributed by atoms with van der Waals surface area (Å²) >= 11 is 0. The molecule has 0 radical (unpaired) electrons. The third kappa shape index (κ3) is 15.9. The molecule has 2 heterocycles. The number of alkyl halides is 14. The average molecular weight is 1160 g/mol. The van der Waals surface area contributed by atoms with Crippen LogP contribution in [-0.2, 0) is 14.3 Å². The molecule has 4 N–H and O–H groups in total. The quantitative estimate of drug-likeness (QED) is 0.0641. The highest BCUT2D eigenvalue weighted by molar-refractivity contribution is 7.85. The van der Waals surface area contributed by atoms with E-state index in [1.807, 2.05) is 4.90 Å². The van der Waals surface area contributed by atoms with Gasteiger partial charge in [-0.2, -0.15) is 43.5 Å². The van der Waals surface area contributed by atoms with Crippen LogP contribution in [0.15, 0.2) is 133 Å². The number of ether oxygens (including phenoxy) is 6. The number of hydrogen-bond donors (Lipinski definition) is 1. The molecule has 0 saturated heterocycles. The maximum Gasteiger partial charge on any atom is 0.573 e. The van der Waals surface area contributed by atoms with Crippen molar-refractivity contribution in [3.8, 4) is 56.8 Å². The lowest BCUT2D eigenvalue weighted by Crippen LogP contribution is -2.40. The summed E-state index contributed by atoms with van der Waals surface area (Å²) in [6.07, 6.45) is -26.4. The maximum atomic E-state index is 13.5. The molecule has 2 unspecified atom stereocenters. The van der Waals surface area contributed by atoms with Crippen molar-refractivity contribution in [3.63, 3.8) is 0 Å². The van der Waals surface area contributed by atoms with E-state index in [9.17, 15) is 69.9 Å². The predicted octanol–water partition coefficient (Wildman–Crippen LogP) is 12.0.